The zero-order chi connectivity index (χ0) is 13.4. The van der Waals surface area contributed by atoms with Crippen molar-refractivity contribution in [2.45, 2.75) is 44.2 Å². The van der Waals surface area contributed by atoms with Gasteiger partial charge in [-0.25, -0.2) is 0 Å². The number of hydrogen-bond acceptors (Lipinski definition) is 5. The zero-order valence-corrected chi connectivity index (χ0v) is 11.4. The Morgan fingerprint density at radius 2 is 2.20 bits per heavy atom. The molecule has 3 heterocycles. The molecule has 2 aromatic rings. The van der Waals surface area contributed by atoms with Crippen LogP contribution in [-0.4, -0.2) is 26.6 Å². The maximum absolute atomic E-state index is 5.40. The van der Waals surface area contributed by atoms with E-state index in [0.717, 1.165) is 36.9 Å². The summed E-state index contributed by atoms with van der Waals surface area (Å²) >= 11 is 0. The van der Waals surface area contributed by atoms with E-state index in [0.29, 0.717) is 5.92 Å². The standard InChI is InChI=1S/C15H18N4O/c1-2-8-16-12(4-1)10-19-9-3-5-13(19)14-17-15(20-18-14)11-6-7-11/h1-2,4,8,11,13H,3,5-7,9-10H2. The summed E-state index contributed by atoms with van der Waals surface area (Å²) in [6.07, 6.45) is 6.54. The first-order valence-electron chi connectivity index (χ1n) is 7.37. The van der Waals surface area contributed by atoms with Crippen molar-refractivity contribution < 1.29 is 4.52 Å². The largest absolute Gasteiger partial charge is 0.339 e. The van der Waals surface area contributed by atoms with Gasteiger partial charge in [-0.2, -0.15) is 4.98 Å². The summed E-state index contributed by atoms with van der Waals surface area (Å²) in [5, 5.41) is 4.20. The summed E-state index contributed by atoms with van der Waals surface area (Å²) < 4.78 is 5.40. The third kappa shape index (κ3) is 2.33. The van der Waals surface area contributed by atoms with Crippen LogP contribution in [0.25, 0.3) is 0 Å². The van der Waals surface area contributed by atoms with Crippen molar-refractivity contribution in [3.8, 4) is 0 Å². The number of hydrogen-bond donors (Lipinski definition) is 0. The Morgan fingerprint density at radius 3 is 3.00 bits per heavy atom. The summed E-state index contributed by atoms with van der Waals surface area (Å²) in [5.74, 6) is 2.23. The molecule has 0 N–H and O–H groups in total. The van der Waals surface area contributed by atoms with Gasteiger partial charge in [-0.05, 0) is 44.4 Å². The first kappa shape index (κ1) is 12.0. The van der Waals surface area contributed by atoms with Gasteiger partial charge < -0.3 is 4.52 Å². The van der Waals surface area contributed by atoms with E-state index in [-0.39, 0.29) is 6.04 Å². The molecule has 20 heavy (non-hydrogen) atoms. The summed E-state index contributed by atoms with van der Waals surface area (Å²) in [6.45, 7) is 1.94. The summed E-state index contributed by atoms with van der Waals surface area (Å²) in [7, 11) is 0. The fourth-order valence-corrected chi connectivity index (χ4v) is 2.89. The maximum atomic E-state index is 5.40. The summed E-state index contributed by atoms with van der Waals surface area (Å²) in [6, 6.07) is 6.34. The lowest BCUT2D eigenvalue weighted by atomic mass is 10.2. The lowest BCUT2D eigenvalue weighted by molar-refractivity contribution is 0.231. The minimum absolute atomic E-state index is 0.285. The van der Waals surface area contributed by atoms with Crippen LogP contribution in [-0.2, 0) is 6.54 Å². The minimum atomic E-state index is 0.285. The molecular formula is C15H18N4O. The SMILES string of the molecule is c1ccc(CN2CCCC2c2noc(C3CC3)n2)nc1. The predicted octanol–water partition coefficient (Wildman–Crippen LogP) is 2.68. The molecule has 1 aliphatic heterocycles. The lowest BCUT2D eigenvalue weighted by Crippen LogP contribution is -2.24. The Balaban J connectivity index is 1.51. The average molecular weight is 270 g/mol. The van der Waals surface area contributed by atoms with Crippen LogP contribution in [0.2, 0.25) is 0 Å². The molecule has 0 bridgehead atoms. The van der Waals surface area contributed by atoms with Crippen LogP contribution in [0.4, 0.5) is 0 Å². The second-order valence-corrected chi connectivity index (χ2v) is 5.71. The fraction of sp³-hybridized carbons (Fsp3) is 0.533. The van der Waals surface area contributed by atoms with Crippen molar-refractivity contribution in [3.05, 3.63) is 41.8 Å². The van der Waals surface area contributed by atoms with Crippen molar-refractivity contribution in [2.75, 3.05) is 6.54 Å². The molecule has 104 valence electrons. The van der Waals surface area contributed by atoms with Crippen LogP contribution >= 0.6 is 0 Å². The number of pyridine rings is 1. The molecule has 2 aliphatic rings. The Morgan fingerprint density at radius 1 is 1.25 bits per heavy atom. The summed E-state index contributed by atoms with van der Waals surface area (Å²) in [5.41, 5.74) is 1.10. The zero-order valence-electron chi connectivity index (χ0n) is 11.4. The van der Waals surface area contributed by atoms with E-state index in [1.54, 1.807) is 0 Å². The molecule has 1 saturated carbocycles. The van der Waals surface area contributed by atoms with Crippen LogP contribution in [0.3, 0.4) is 0 Å². The van der Waals surface area contributed by atoms with Gasteiger partial charge in [0.1, 0.15) is 0 Å². The molecule has 0 amide bonds. The number of rotatable bonds is 4. The van der Waals surface area contributed by atoms with Gasteiger partial charge in [0.15, 0.2) is 5.82 Å². The highest BCUT2D eigenvalue weighted by Gasteiger charge is 2.34. The van der Waals surface area contributed by atoms with E-state index in [4.69, 9.17) is 4.52 Å². The molecule has 1 saturated heterocycles. The van der Waals surface area contributed by atoms with Crippen LogP contribution in [0.15, 0.2) is 28.9 Å². The van der Waals surface area contributed by atoms with Crippen LogP contribution in [0.5, 0.6) is 0 Å². The first-order chi connectivity index (χ1) is 9.90. The minimum Gasteiger partial charge on any atom is -0.339 e. The topological polar surface area (TPSA) is 55.1 Å². The third-order valence-electron chi connectivity index (χ3n) is 4.14. The van der Waals surface area contributed by atoms with Gasteiger partial charge in [0.2, 0.25) is 5.89 Å². The Hall–Kier alpha value is -1.75. The van der Waals surface area contributed by atoms with Gasteiger partial charge in [-0.3, -0.25) is 9.88 Å². The summed E-state index contributed by atoms with van der Waals surface area (Å²) in [4.78, 5) is 11.4. The smallest absolute Gasteiger partial charge is 0.229 e. The van der Waals surface area contributed by atoms with Gasteiger partial charge in [0.25, 0.3) is 0 Å². The molecule has 0 aromatic carbocycles. The van der Waals surface area contributed by atoms with Crippen LogP contribution in [0.1, 0.15) is 55.1 Å². The van der Waals surface area contributed by atoms with Crippen molar-refractivity contribution in [2.24, 2.45) is 0 Å². The van der Waals surface area contributed by atoms with Crippen molar-refractivity contribution in [3.63, 3.8) is 0 Å². The highest BCUT2D eigenvalue weighted by atomic mass is 16.5. The van der Waals surface area contributed by atoms with E-state index in [1.807, 2.05) is 18.3 Å². The van der Waals surface area contributed by atoms with Gasteiger partial charge >= 0.3 is 0 Å². The normalized spacial score (nSPS) is 23.3. The molecular weight excluding hydrogens is 252 g/mol. The Bertz CT molecular complexity index is 579. The van der Waals surface area contributed by atoms with Gasteiger partial charge in [0.05, 0.1) is 11.7 Å². The van der Waals surface area contributed by atoms with E-state index in [1.165, 1.54) is 19.3 Å². The number of likely N-dealkylation sites (tertiary alicyclic amines) is 1. The monoisotopic (exact) mass is 270 g/mol. The fourth-order valence-electron chi connectivity index (χ4n) is 2.89. The molecule has 1 atom stereocenters. The molecule has 2 aromatic heterocycles. The molecule has 4 rings (SSSR count). The molecule has 5 heteroatoms. The van der Waals surface area contributed by atoms with Crippen molar-refractivity contribution in [1.82, 2.24) is 20.0 Å². The molecule has 1 aliphatic carbocycles. The molecule has 0 radical (unpaired) electrons. The molecule has 0 spiro atoms. The van der Waals surface area contributed by atoms with Crippen LogP contribution in [0, 0.1) is 0 Å². The average Bonchev–Trinajstić information content (AvgIpc) is 3.04. The van der Waals surface area contributed by atoms with Crippen molar-refractivity contribution >= 4 is 0 Å². The quantitative estimate of drug-likeness (QED) is 0.855. The van der Waals surface area contributed by atoms with E-state index < -0.39 is 0 Å². The Kier molecular flexibility index (Phi) is 2.99. The van der Waals surface area contributed by atoms with Crippen LogP contribution < -0.4 is 0 Å². The van der Waals surface area contributed by atoms with E-state index in [9.17, 15) is 0 Å². The third-order valence-corrected chi connectivity index (χ3v) is 4.14. The highest BCUT2D eigenvalue weighted by Crippen LogP contribution is 2.40. The van der Waals surface area contributed by atoms with Crippen molar-refractivity contribution in [1.29, 1.82) is 0 Å². The second kappa shape index (κ2) is 4.98. The lowest BCUT2D eigenvalue weighted by Gasteiger charge is -2.21. The second-order valence-electron chi connectivity index (χ2n) is 5.71. The molecule has 2 fully saturated rings. The predicted molar refractivity (Wildman–Crippen MR) is 72.9 cm³/mol. The maximum Gasteiger partial charge on any atom is 0.229 e. The van der Waals surface area contributed by atoms with Gasteiger partial charge in [-0.15, -0.1) is 0 Å². The van der Waals surface area contributed by atoms with Gasteiger partial charge in [0, 0.05) is 18.7 Å². The highest BCUT2D eigenvalue weighted by molar-refractivity contribution is 5.08. The molecule has 1 unspecified atom stereocenters. The van der Waals surface area contributed by atoms with E-state index in [2.05, 4.69) is 26.1 Å². The first-order valence-corrected chi connectivity index (χ1v) is 7.37. The van der Waals surface area contributed by atoms with Gasteiger partial charge in [-0.1, -0.05) is 11.2 Å². The number of nitrogens with zero attached hydrogens (tertiary/aromatic N) is 4. The van der Waals surface area contributed by atoms with E-state index >= 15 is 0 Å². The Labute approximate surface area is 118 Å². The number of aromatic nitrogens is 3. The molecule has 5 nitrogen and oxygen atoms in total.